The van der Waals surface area contributed by atoms with Gasteiger partial charge in [-0.15, -0.1) is 0 Å². The number of benzene rings is 1. The summed E-state index contributed by atoms with van der Waals surface area (Å²) in [6.07, 6.45) is -3.97. The van der Waals surface area contributed by atoms with Crippen molar-refractivity contribution in [2.24, 2.45) is 0 Å². The fourth-order valence-corrected chi connectivity index (χ4v) is 1.57. The minimum Gasteiger partial charge on any atom is -0.388 e. The molecular weight excluding hydrogens is 245 g/mol. The van der Waals surface area contributed by atoms with Gasteiger partial charge in [0.1, 0.15) is 0 Å². The van der Waals surface area contributed by atoms with Gasteiger partial charge in [0.15, 0.2) is 0 Å². The van der Waals surface area contributed by atoms with E-state index in [2.05, 4.69) is 0 Å². The van der Waals surface area contributed by atoms with Crippen LogP contribution in [0.2, 0.25) is 0 Å². The van der Waals surface area contributed by atoms with Gasteiger partial charge in [-0.25, -0.2) is 0 Å². The highest BCUT2D eigenvalue weighted by atomic mass is 19.4. The van der Waals surface area contributed by atoms with Crippen LogP contribution in [0.15, 0.2) is 24.3 Å². The number of aliphatic hydroxyl groups excluding tert-OH is 1. The summed E-state index contributed by atoms with van der Waals surface area (Å²) in [4.78, 5) is 0. The van der Waals surface area contributed by atoms with Crippen LogP contribution in [0.3, 0.4) is 0 Å². The molecule has 102 valence electrons. The first-order chi connectivity index (χ1) is 8.34. The molecule has 18 heavy (non-hydrogen) atoms. The number of alkyl halides is 3. The highest BCUT2D eigenvalue weighted by Gasteiger charge is 2.30. The summed E-state index contributed by atoms with van der Waals surface area (Å²) < 4.78 is 42.1. The lowest BCUT2D eigenvalue weighted by molar-refractivity contribution is -0.137. The molecule has 0 aliphatic heterocycles. The zero-order chi connectivity index (χ0) is 13.8. The normalized spacial score (nSPS) is 15.4. The van der Waals surface area contributed by atoms with E-state index in [1.54, 1.807) is 7.11 Å². The molecule has 0 saturated carbocycles. The molecule has 1 N–H and O–H groups in total. The summed E-state index contributed by atoms with van der Waals surface area (Å²) in [7, 11) is 1.58. The van der Waals surface area contributed by atoms with E-state index < -0.39 is 17.8 Å². The van der Waals surface area contributed by atoms with E-state index in [0.717, 1.165) is 12.1 Å². The zero-order valence-electron chi connectivity index (χ0n) is 10.4. The van der Waals surface area contributed by atoms with Crippen LogP contribution in [0.5, 0.6) is 0 Å². The standard InChI is InChI=1S/C13H17F3O2/c1-9(18-2)3-8-12(17)10-4-6-11(7-5-10)13(14,15)16/h4-7,9,12,17H,3,8H2,1-2H3. The Morgan fingerprint density at radius 2 is 1.72 bits per heavy atom. The maximum atomic E-state index is 12.3. The van der Waals surface area contributed by atoms with Gasteiger partial charge >= 0.3 is 6.18 Å². The van der Waals surface area contributed by atoms with Gasteiger partial charge in [0.25, 0.3) is 0 Å². The van der Waals surface area contributed by atoms with E-state index in [1.165, 1.54) is 12.1 Å². The summed E-state index contributed by atoms with van der Waals surface area (Å²) in [5.41, 5.74) is -0.213. The lowest BCUT2D eigenvalue weighted by Gasteiger charge is -2.15. The quantitative estimate of drug-likeness (QED) is 0.879. The molecule has 0 bridgehead atoms. The number of ether oxygens (including phenoxy) is 1. The molecule has 0 aliphatic rings. The van der Waals surface area contributed by atoms with E-state index in [1.807, 2.05) is 6.92 Å². The molecule has 5 heteroatoms. The van der Waals surface area contributed by atoms with Crippen LogP contribution in [0.4, 0.5) is 13.2 Å². The van der Waals surface area contributed by atoms with Gasteiger partial charge in [-0.1, -0.05) is 12.1 Å². The average molecular weight is 262 g/mol. The van der Waals surface area contributed by atoms with Crippen LogP contribution in [-0.4, -0.2) is 18.3 Å². The Hall–Kier alpha value is -1.07. The average Bonchev–Trinajstić information content (AvgIpc) is 2.34. The summed E-state index contributed by atoms with van der Waals surface area (Å²) in [6, 6.07) is 4.59. The Morgan fingerprint density at radius 1 is 1.17 bits per heavy atom. The highest BCUT2D eigenvalue weighted by molar-refractivity contribution is 5.25. The third kappa shape index (κ3) is 4.31. The Balaban J connectivity index is 2.62. The molecule has 0 aromatic heterocycles. The Labute approximate surface area is 104 Å². The van der Waals surface area contributed by atoms with Crippen molar-refractivity contribution in [3.8, 4) is 0 Å². The first-order valence-electron chi connectivity index (χ1n) is 5.72. The van der Waals surface area contributed by atoms with E-state index in [-0.39, 0.29) is 6.10 Å². The van der Waals surface area contributed by atoms with Gasteiger partial charge < -0.3 is 9.84 Å². The third-order valence-corrected chi connectivity index (χ3v) is 2.87. The molecule has 0 radical (unpaired) electrons. The molecule has 0 fully saturated rings. The summed E-state index contributed by atoms with van der Waals surface area (Å²) >= 11 is 0. The van der Waals surface area contributed by atoms with E-state index in [9.17, 15) is 18.3 Å². The summed E-state index contributed by atoms with van der Waals surface area (Å²) in [5, 5.41) is 9.82. The van der Waals surface area contributed by atoms with Crippen molar-refractivity contribution in [1.82, 2.24) is 0 Å². The second-order valence-corrected chi connectivity index (χ2v) is 4.26. The summed E-state index contributed by atoms with van der Waals surface area (Å²) in [5.74, 6) is 0. The molecule has 0 saturated heterocycles. The van der Waals surface area contributed by atoms with Gasteiger partial charge in [-0.3, -0.25) is 0 Å². The van der Waals surface area contributed by atoms with E-state index in [0.29, 0.717) is 18.4 Å². The van der Waals surface area contributed by atoms with Crippen LogP contribution in [0.25, 0.3) is 0 Å². The van der Waals surface area contributed by atoms with Gasteiger partial charge in [0, 0.05) is 7.11 Å². The molecule has 0 spiro atoms. The Morgan fingerprint density at radius 3 is 2.17 bits per heavy atom. The second kappa shape index (κ2) is 6.20. The van der Waals surface area contributed by atoms with Crippen LogP contribution >= 0.6 is 0 Å². The number of methoxy groups -OCH3 is 1. The van der Waals surface area contributed by atoms with Crippen molar-refractivity contribution in [1.29, 1.82) is 0 Å². The predicted molar refractivity (Wildman–Crippen MR) is 62.1 cm³/mol. The van der Waals surface area contributed by atoms with Crippen molar-refractivity contribution in [3.05, 3.63) is 35.4 Å². The van der Waals surface area contributed by atoms with Crippen molar-refractivity contribution in [2.75, 3.05) is 7.11 Å². The molecule has 0 amide bonds. The SMILES string of the molecule is COC(C)CCC(O)c1ccc(C(F)(F)F)cc1. The fraction of sp³-hybridized carbons (Fsp3) is 0.538. The smallest absolute Gasteiger partial charge is 0.388 e. The van der Waals surface area contributed by atoms with Crippen LogP contribution < -0.4 is 0 Å². The molecule has 1 aromatic rings. The lowest BCUT2D eigenvalue weighted by Crippen LogP contribution is -2.08. The van der Waals surface area contributed by atoms with Gasteiger partial charge in [-0.05, 0) is 37.5 Å². The topological polar surface area (TPSA) is 29.5 Å². The molecule has 0 heterocycles. The van der Waals surface area contributed by atoms with Crippen LogP contribution in [-0.2, 0) is 10.9 Å². The minimum absolute atomic E-state index is 0.0223. The third-order valence-electron chi connectivity index (χ3n) is 2.87. The minimum atomic E-state index is -4.34. The van der Waals surface area contributed by atoms with Crippen LogP contribution in [0, 0.1) is 0 Å². The maximum Gasteiger partial charge on any atom is 0.416 e. The van der Waals surface area contributed by atoms with Crippen molar-refractivity contribution < 1.29 is 23.0 Å². The number of aliphatic hydroxyl groups is 1. The zero-order valence-corrected chi connectivity index (χ0v) is 10.4. The molecule has 1 rings (SSSR count). The first-order valence-corrected chi connectivity index (χ1v) is 5.72. The molecule has 0 aliphatic carbocycles. The van der Waals surface area contributed by atoms with Crippen LogP contribution in [0.1, 0.15) is 37.0 Å². The van der Waals surface area contributed by atoms with Crippen molar-refractivity contribution in [3.63, 3.8) is 0 Å². The number of hydrogen-bond donors (Lipinski definition) is 1. The predicted octanol–water partition coefficient (Wildman–Crippen LogP) is 3.55. The maximum absolute atomic E-state index is 12.3. The Bertz CT molecular complexity index is 359. The van der Waals surface area contributed by atoms with Crippen molar-refractivity contribution in [2.45, 2.75) is 38.1 Å². The van der Waals surface area contributed by atoms with Gasteiger partial charge in [-0.2, -0.15) is 13.2 Å². The fourth-order valence-electron chi connectivity index (χ4n) is 1.57. The molecule has 1 aromatic carbocycles. The van der Waals surface area contributed by atoms with E-state index >= 15 is 0 Å². The molecule has 2 nitrogen and oxygen atoms in total. The monoisotopic (exact) mass is 262 g/mol. The lowest BCUT2D eigenvalue weighted by atomic mass is 10.0. The second-order valence-electron chi connectivity index (χ2n) is 4.26. The first kappa shape index (κ1) is 15.0. The van der Waals surface area contributed by atoms with Crippen molar-refractivity contribution >= 4 is 0 Å². The number of halogens is 3. The van der Waals surface area contributed by atoms with Gasteiger partial charge in [0.2, 0.25) is 0 Å². The Kier molecular flexibility index (Phi) is 5.16. The number of hydrogen-bond acceptors (Lipinski definition) is 2. The summed E-state index contributed by atoms with van der Waals surface area (Å²) in [6.45, 7) is 1.87. The highest BCUT2D eigenvalue weighted by Crippen LogP contribution is 2.30. The van der Waals surface area contributed by atoms with E-state index in [4.69, 9.17) is 4.74 Å². The number of rotatable bonds is 5. The largest absolute Gasteiger partial charge is 0.416 e. The molecule has 2 atom stereocenters. The molecular formula is C13H17F3O2. The molecule has 2 unspecified atom stereocenters. The van der Waals surface area contributed by atoms with Gasteiger partial charge in [0.05, 0.1) is 17.8 Å².